The summed E-state index contributed by atoms with van der Waals surface area (Å²) >= 11 is 0. The van der Waals surface area contributed by atoms with Crippen molar-refractivity contribution in [3.05, 3.63) is 29.8 Å². The summed E-state index contributed by atoms with van der Waals surface area (Å²) in [7, 11) is 0. The first-order valence-electron chi connectivity index (χ1n) is 5.32. The van der Waals surface area contributed by atoms with Crippen LogP contribution in [0.25, 0.3) is 0 Å². The molecular weight excluding hydrogens is 190 g/mol. The predicted octanol–water partition coefficient (Wildman–Crippen LogP) is 2.82. The van der Waals surface area contributed by atoms with Gasteiger partial charge in [-0.25, -0.2) is 0 Å². The molecular formula is C12H15NO2. The van der Waals surface area contributed by atoms with Gasteiger partial charge in [-0.3, -0.25) is 0 Å². The van der Waals surface area contributed by atoms with Crippen molar-refractivity contribution in [3.63, 3.8) is 0 Å². The maximum Gasteiger partial charge on any atom is 0.120 e. The first-order valence-corrected chi connectivity index (χ1v) is 5.32. The molecule has 0 unspecified atom stereocenters. The van der Waals surface area contributed by atoms with Crippen LogP contribution in [0.4, 0.5) is 0 Å². The van der Waals surface area contributed by atoms with Gasteiger partial charge in [0.1, 0.15) is 5.75 Å². The second-order valence-electron chi connectivity index (χ2n) is 3.84. The Morgan fingerprint density at radius 3 is 2.87 bits per heavy atom. The lowest BCUT2D eigenvalue weighted by Gasteiger charge is -2.12. The fourth-order valence-electron chi connectivity index (χ4n) is 1.93. The van der Waals surface area contributed by atoms with E-state index in [1.165, 1.54) is 19.1 Å². The summed E-state index contributed by atoms with van der Waals surface area (Å²) in [6.07, 6.45) is 6.61. The van der Waals surface area contributed by atoms with Gasteiger partial charge in [0.2, 0.25) is 0 Å². The van der Waals surface area contributed by atoms with Crippen LogP contribution in [-0.2, 0) is 0 Å². The molecule has 1 aromatic rings. The molecule has 1 saturated carbocycles. The van der Waals surface area contributed by atoms with Crippen LogP contribution in [-0.4, -0.2) is 17.5 Å². The normalized spacial score (nSPS) is 17.3. The SMILES string of the molecule is O/N=C/c1cccc(OC2CCCC2)c1. The Kier molecular flexibility index (Phi) is 3.22. The number of hydrogen-bond donors (Lipinski definition) is 1. The standard InChI is InChI=1S/C12H15NO2/c14-13-9-10-4-3-7-12(8-10)15-11-5-1-2-6-11/h3-4,7-9,11,14H,1-2,5-6H2/b13-9+. The van der Waals surface area contributed by atoms with E-state index in [9.17, 15) is 0 Å². The van der Waals surface area contributed by atoms with Crippen molar-refractivity contribution in [1.82, 2.24) is 0 Å². The second-order valence-corrected chi connectivity index (χ2v) is 3.84. The molecule has 0 spiro atoms. The molecule has 1 aromatic carbocycles. The van der Waals surface area contributed by atoms with Crippen molar-refractivity contribution in [2.75, 3.05) is 0 Å². The van der Waals surface area contributed by atoms with Gasteiger partial charge < -0.3 is 9.94 Å². The minimum atomic E-state index is 0.367. The Labute approximate surface area is 89.4 Å². The van der Waals surface area contributed by atoms with Crippen LogP contribution in [0.15, 0.2) is 29.4 Å². The smallest absolute Gasteiger partial charge is 0.120 e. The number of ether oxygens (including phenoxy) is 1. The van der Waals surface area contributed by atoms with Crippen LogP contribution < -0.4 is 4.74 Å². The highest BCUT2D eigenvalue weighted by Crippen LogP contribution is 2.24. The van der Waals surface area contributed by atoms with Crippen molar-refractivity contribution in [3.8, 4) is 5.75 Å². The summed E-state index contributed by atoms with van der Waals surface area (Å²) < 4.78 is 5.82. The molecule has 1 fully saturated rings. The van der Waals surface area contributed by atoms with Gasteiger partial charge in [-0.05, 0) is 43.4 Å². The second kappa shape index (κ2) is 4.82. The number of oxime groups is 1. The van der Waals surface area contributed by atoms with E-state index in [1.807, 2.05) is 24.3 Å². The molecule has 80 valence electrons. The average Bonchev–Trinajstić information content (AvgIpc) is 2.71. The van der Waals surface area contributed by atoms with E-state index in [0.717, 1.165) is 24.2 Å². The molecule has 0 aromatic heterocycles. The van der Waals surface area contributed by atoms with Crippen molar-refractivity contribution in [2.24, 2.45) is 5.16 Å². The Bertz CT molecular complexity index is 343. The summed E-state index contributed by atoms with van der Waals surface area (Å²) in [5, 5.41) is 11.4. The van der Waals surface area contributed by atoms with Gasteiger partial charge >= 0.3 is 0 Å². The van der Waals surface area contributed by atoms with Gasteiger partial charge in [-0.1, -0.05) is 17.3 Å². The average molecular weight is 205 g/mol. The molecule has 0 aliphatic heterocycles. The largest absolute Gasteiger partial charge is 0.490 e. The van der Waals surface area contributed by atoms with E-state index in [0.29, 0.717) is 6.10 Å². The number of benzene rings is 1. The molecule has 3 heteroatoms. The molecule has 0 amide bonds. The first kappa shape index (κ1) is 10.0. The van der Waals surface area contributed by atoms with Gasteiger partial charge in [0, 0.05) is 0 Å². The summed E-state index contributed by atoms with van der Waals surface area (Å²) in [5.74, 6) is 0.860. The summed E-state index contributed by atoms with van der Waals surface area (Å²) in [6, 6.07) is 7.60. The van der Waals surface area contributed by atoms with Gasteiger partial charge in [-0.15, -0.1) is 0 Å². The first-order chi connectivity index (χ1) is 7.38. The Morgan fingerprint density at radius 2 is 2.13 bits per heavy atom. The van der Waals surface area contributed by atoms with Gasteiger partial charge in [0.15, 0.2) is 0 Å². The quantitative estimate of drug-likeness (QED) is 0.468. The molecule has 3 nitrogen and oxygen atoms in total. The molecule has 1 aliphatic carbocycles. The van der Waals surface area contributed by atoms with Crippen molar-refractivity contribution < 1.29 is 9.94 Å². The predicted molar refractivity (Wildman–Crippen MR) is 58.7 cm³/mol. The highest BCUT2D eigenvalue weighted by Gasteiger charge is 2.16. The fraction of sp³-hybridized carbons (Fsp3) is 0.417. The van der Waals surface area contributed by atoms with Gasteiger partial charge in [0.25, 0.3) is 0 Å². The van der Waals surface area contributed by atoms with E-state index in [2.05, 4.69) is 5.16 Å². The van der Waals surface area contributed by atoms with Crippen molar-refractivity contribution >= 4 is 6.21 Å². The third kappa shape index (κ3) is 2.72. The van der Waals surface area contributed by atoms with Crippen LogP contribution in [0.5, 0.6) is 5.75 Å². The molecule has 2 rings (SSSR count). The monoisotopic (exact) mass is 205 g/mol. The van der Waals surface area contributed by atoms with Crippen LogP contribution in [0.2, 0.25) is 0 Å². The van der Waals surface area contributed by atoms with Gasteiger partial charge in [0.05, 0.1) is 12.3 Å². The highest BCUT2D eigenvalue weighted by molar-refractivity contribution is 5.79. The van der Waals surface area contributed by atoms with Crippen molar-refractivity contribution in [2.45, 2.75) is 31.8 Å². The van der Waals surface area contributed by atoms with E-state index in [1.54, 1.807) is 0 Å². The minimum absolute atomic E-state index is 0.367. The minimum Gasteiger partial charge on any atom is -0.490 e. The Balaban J connectivity index is 2.03. The number of nitrogens with zero attached hydrogens (tertiary/aromatic N) is 1. The Hall–Kier alpha value is -1.51. The molecule has 0 heterocycles. The summed E-state index contributed by atoms with van der Waals surface area (Å²) in [4.78, 5) is 0. The molecule has 15 heavy (non-hydrogen) atoms. The van der Waals surface area contributed by atoms with Crippen LogP contribution in [0.1, 0.15) is 31.2 Å². The molecule has 0 bridgehead atoms. The fourth-order valence-corrected chi connectivity index (χ4v) is 1.93. The number of rotatable bonds is 3. The zero-order valence-corrected chi connectivity index (χ0v) is 8.60. The van der Waals surface area contributed by atoms with Crippen LogP contribution >= 0.6 is 0 Å². The van der Waals surface area contributed by atoms with Crippen LogP contribution in [0.3, 0.4) is 0 Å². The third-order valence-electron chi connectivity index (χ3n) is 2.67. The zero-order valence-electron chi connectivity index (χ0n) is 8.60. The summed E-state index contributed by atoms with van der Waals surface area (Å²) in [5.41, 5.74) is 0.855. The van der Waals surface area contributed by atoms with Gasteiger partial charge in [-0.2, -0.15) is 0 Å². The topological polar surface area (TPSA) is 41.8 Å². The van der Waals surface area contributed by atoms with Crippen molar-refractivity contribution in [1.29, 1.82) is 0 Å². The lowest BCUT2D eigenvalue weighted by Crippen LogP contribution is -2.10. The lowest BCUT2D eigenvalue weighted by molar-refractivity contribution is 0.210. The van der Waals surface area contributed by atoms with Crippen LogP contribution in [0, 0.1) is 0 Å². The molecule has 1 N–H and O–H groups in total. The lowest BCUT2D eigenvalue weighted by atomic mass is 10.2. The Morgan fingerprint density at radius 1 is 1.33 bits per heavy atom. The van der Waals surface area contributed by atoms with E-state index in [4.69, 9.17) is 9.94 Å². The zero-order chi connectivity index (χ0) is 10.5. The number of hydrogen-bond acceptors (Lipinski definition) is 3. The maximum absolute atomic E-state index is 8.42. The summed E-state index contributed by atoms with van der Waals surface area (Å²) in [6.45, 7) is 0. The van der Waals surface area contributed by atoms with E-state index >= 15 is 0 Å². The van der Waals surface area contributed by atoms with E-state index < -0.39 is 0 Å². The third-order valence-corrected chi connectivity index (χ3v) is 2.67. The maximum atomic E-state index is 8.42. The molecule has 1 aliphatic rings. The molecule has 0 saturated heterocycles. The molecule has 0 atom stereocenters. The highest BCUT2D eigenvalue weighted by atomic mass is 16.5. The molecule has 0 radical (unpaired) electrons. The van der Waals surface area contributed by atoms with E-state index in [-0.39, 0.29) is 0 Å².